The summed E-state index contributed by atoms with van der Waals surface area (Å²) in [5.41, 5.74) is 0. The Labute approximate surface area is 121 Å². The number of hydrogen-bond acceptors (Lipinski definition) is 5. The van der Waals surface area contributed by atoms with Crippen LogP contribution in [0.2, 0.25) is 0 Å². The standard InChI is InChI=1S/C15H26O5/c1-10(2)8-17-15(16)18-9-13-12(5)6-7-14(20-13)19-11(3)4/h6-7,10-14H,8-9H2,1-5H3/t12-,13+,14?/m0/s1. The topological polar surface area (TPSA) is 54.0 Å². The lowest BCUT2D eigenvalue weighted by molar-refractivity contribution is -0.184. The molecular formula is C15H26O5. The third kappa shape index (κ3) is 6.39. The lowest BCUT2D eigenvalue weighted by Crippen LogP contribution is -2.36. The summed E-state index contributed by atoms with van der Waals surface area (Å²) >= 11 is 0. The van der Waals surface area contributed by atoms with Gasteiger partial charge < -0.3 is 18.9 Å². The first-order chi connectivity index (χ1) is 9.38. The number of hydrogen-bond donors (Lipinski definition) is 0. The van der Waals surface area contributed by atoms with Gasteiger partial charge in [0.15, 0.2) is 6.29 Å². The first kappa shape index (κ1) is 17.0. The molecule has 5 heteroatoms. The molecule has 0 saturated heterocycles. The van der Waals surface area contributed by atoms with Crippen LogP contribution < -0.4 is 0 Å². The van der Waals surface area contributed by atoms with E-state index in [-0.39, 0.29) is 31.0 Å². The summed E-state index contributed by atoms with van der Waals surface area (Å²) in [5.74, 6) is 0.457. The molecule has 0 radical (unpaired) electrons. The van der Waals surface area contributed by atoms with Gasteiger partial charge in [-0.05, 0) is 25.8 Å². The van der Waals surface area contributed by atoms with Crippen molar-refractivity contribution in [3.05, 3.63) is 12.2 Å². The van der Waals surface area contributed by atoms with E-state index in [0.29, 0.717) is 12.5 Å². The first-order valence-corrected chi connectivity index (χ1v) is 7.17. The van der Waals surface area contributed by atoms with Crippen LogP contribution in [0.25, 0.3) is 0 Å². The Morgan fingerprint density at radius 2 is 1.90 bits per heavy atom. The van der Waals surface area contributed by atoms with Gasteiger partial charge in [-0.25, -0.2) is 4.79 Å². The third-order valence-electron chi connectivity index (χ3n) is 2.77. The molecule has 1 heterocycles. The molecule has 0 bridgehead atoms. The molecule has 1 unspecified atom stereocenters. The second kappa shape index (κ2) is 8.27. The summed E-state index contributed by atoms with van der Waals surface area (Å²) < 4.78 is 21.4. The zero-order chi connectivity index (χ0) is 15.1. The van der Waals surface area contributed by atoms with Gasteiger partial charge in [0.1, 0.15) is 12.7 Å². The summed E-state index contributed by atoms with van der Waals surface area (Å²) in [6.07, 6.45) is 2.74. The largest absolute Gasteiger partial charge is 0.508 e. The van der Waals surface area contributed by atoms with Crippen molar-refractivity contribution >= 4 is 6.16 Å². The Kier molecular flexibility index (Phi) is 7.02. The Bertz CT molecular complexity index is 324. The maximum atomic E-state index is 11.4. The normalized spacial score (nSPS) is 26.1. The SMILES string of the molecule is CC(C)COC(=O)OC[C@H]1OC(OC(C)C)C=C[C@@H]1C. The highest BCUT2D eigenvalue weighted by Crippen LogP contribution is 2.20. The molecular weight excluding hydrogens is 260 g/mol. The molecule has 5 nitrogen and oxygen atoms in total. The molecule has 0 aliphatic carbocycles. The fourth-order valence-corrected chi connectivity index (χ4v) is 1.69. The van der Waals surface area contributed by atoms with Gasteiger partial charge >= 0.3 is 6.16 Å². The average molecular weight is 286 g/mol. The monoisotopic (exact) mass is 286 g/mol. The van der Waals surface area contributed by atoms with Gasteiger partial charge in [0, 0.05) is 5.92 Å². The van der Waals surface area contributed by atoms with E-state index in [1.54, 1.807) is 0 Å². The molecule has 0 aromatic carbocycles. The fourth-order valence-electron chi connectivity index (χ4n) is 1.69. The van der Waals surface area contributed by atoms with Crippen LogP contribution in [0.4, 0.5) is 4.79 Å². The van der Waals surface area contributed by atoms with Crippen LogP contribution in [0, 0.1) is 11.8 Å². The number of carbonyl (C=O) groups is 1. The molecule has 0 spiro atoms. The minimum absolute atomic E-state index is 0.0793. The summed E-state index contributed by atoms with van der Waals surface area (Å²) in [6, 6.07) is 0. The van der Waals surface area contributed by atoms with Crippen LogP contribution in [0.5, 0.6) is 0 Å². The molecule has 116 valence electrons. The Balaban J connectivity index is 2.35. The van der Waals surface area contributed by atoms with Crippen molar-refractivity contribution in [3.8, 4) is 0 Å². The quantitative estimate of drug-likeness (QED) is 0.554. The summed E-state index contributed by atoms with van der Waals surface area (Å²) in [6.45, 7) is 10.4. The van der Waals surface area contributed by atoms with Crippen molar-refractivity contribution in [1.29, 1.82) is 0 Å². The Morgan fingerprint density at radius 1 is 1.20 bits per heavy atom. The second-order valence-electron chi connectivity index (χ2n) is 5.74. The molecule has 1 aliphatic rings. The summed E-state index contributed by atoms with van der Waals surface area (Å²) in [4.78, 5) is 11.4. The van der Waals surface area contributed by atoms with Crippen molar-refractivity contribution in [2.24, 2.45) is 11.8 Å². The van der Waals surface area contributed by atoms with Gasteiger partial charge in [-0.2, -0.15) is 0 Å². The molecule has 0 amide bonds. The molecule has 3 atom stereocenters. The van der Waals surface area contributed by atoms with E-state index in [1.807, 2.05) is 46.8 Å². The van der Waals surface area contributed by atoms with Crippen LogP contribution in [-0.4, -0.2) is 37.9 Å². The van der Waals surface area contributed by atoms with E-state index in [2.05, 4.69) is 0 Å². The van der Waals surface area contributed by atoms with Gasteiger partial charge in [-0.3, -0.25) is 0 Å². The van der Waals surface area contributed by atoms with Crippen LogP contribution in [-0.2, 0) is 18.9 Å². The van der Waals surface area contributed by atoms with Crippen molar-refractivity contribution in [3.63, 3.8) is 0 Å². The van der Waals surface area contributed by atoms with Crippen molar-refractivity contribution in [1.82, 2.24) is 0 Å². The van der Waals surface area contributed by atoms with Crippen molar-refractivity contribution in [2.75, 3.05) is 13.2 Å². The number of rotatable bonds is 6. The fraction of sp³-hybridized carbons (Fsp3) is 0.800. The minimum Gasteiger partial charge on any atom is -0.434 e. The lowest BCUT2D eigenvalue weighted by Gasteiger charge is -2.30. The van der Waals surface area contributed by atoms with Gasteiger partial charge in [0.2, 0.25) is 0 Å². The molecule has 0 saturated carbocycles. The van der Waals surface area contributed by atoms with E-state index in [1.165, 1.54) is 0 Å². The molecule has 1 rings (SSSR count). The van der Waals surface area contributed by atoms with Gasteiger partial charge in [-0.15, -0.1) is 0 Å². The van der Waals surface area contributed by atoms with E-state index >= 15 is 0 Å². The smallest absolute Gasteiger partial charge is 0.434 e. The highest BCUT2D eigenvalue weighted by molar-refractivity contribution is 5.59. The Hall–Kier alpha value is -1.07. The highest BCUT2D eigenvalue weighted by atomic mass is 16.7. The predicted molar refractivity (Wildman–Crippen MR) is 75.3 cm³/mol. The molecule has 0 N–H and O–H groups in total. The summed E-state index contributed by atoms with van der Waals surface area (Å²) in [7, 11) is 0. The first-order valence-electron chi connectivity index (χ1n) is 7.17. The zero-order valence-electron chi connectivity index (χ0n) is 13.0. The average Bonchev–Trinajstić information content (AvgIpc) is 2.36. The highest BCUT2D eigenvalue weighted by Gasteiger charge is 2.26. The van der Waals surface area contributed by atoms with Gasteiger partial charge in [0.25, 0.3) is 0 Å². The second-order valence-corrected chi connectivity index (χ2v) is 5.74. The van der Waals surface area contributed by atoms with Gasteiger partial charge in [-0.1, -0.05) is 26.8 Å². The maximum Gasteiger partial charge on any atom is 0.508 e. The number of carbonyl (C=O) groups excluding carboxylic acids is 1. The zero-order valence-corrected chi connectivity index (χ0v) is 13.0. The maximum absolute atomic E-state index is 11.4. The number of ether oxygens (including phenoxy) is 4. The van der Waals surface area contributed by atoms with E-state index in [4.69, 9.17) is 18.9 Å². The molecule has 0 aromatic heterocycles. The van der Waals surface area contributed by atoms with Crippen molar-refractivity contribution in [2.45, 2.75) is 53.1 Å². The molecule has 0 fully saturated rings. The van der Waals surface area contributed by atoms with Gasteiger partial charge in [0.05, 0.1) is 12.7 Å². The van der Waals surface area contributed by atoms with Crippen LogP contribution in [0.3, 0.4) is 0 Å². The van der Waals surface area contributed by atoms with Crippen molar-refractivity contribution < 1.29 is 23.7 Å². The molecule has 20 heavy (non-hydrogen) atoms. The molecule has 1 aliphatic heterocycles. The molecule has 0 aromatic rings. The van der Waals surface area contributed by atoms with E-state index in [9.17, 15) is 4.79 Å². The summed E-state index contributed by atoms with van der Waals surface area (Å²) in [5, 5.41) is 0. The van der Waals surface area contributed by atoms with E-state index in [0.717, 1.165) is 0 Å². The van der Waals surface area contributed by atoms with Crippen LogP contribution >= 0.6 is 0 Å². The lowest BCUT2D eigenvalue weighted by atomic mass is 10.0. The minimum atomic E-state index is -0.648. The van der Waals surface area contributed by atoms with Crippen LogP contribution in [0.15, 0.2) is 12.2 Å². The predicted octanol–water partition coefficient (Wildman–Crippen LogP) is 3.14. The van der Waals surface area contributed by atoms with Crippen LogP contribution in [0.1, 0.15) is 34.6 Å². The van der Waals surface area contributed by atoms with E-state index < -0.39 is 6.16 Å². The third-order valence-corrected chi connectivity index (χ3v) is 2.77. The Morgan fingerprint density at radius 3 is 2.50 bits per heavy atom.